The Labute approximate surface area is 112 Å². The number of hydrogen-bond acceptors (Lipinski definition) is 4. The molecule has 1 heterocycles. The summed E-state index contributed by atoms with van der Waals surface area (Å²) in [5.41, 5.74) is -0.226. The molecule has 1 saturated heterocycles. The smallest absolute Gasteiger partial charge is 0.0753 e. The van der Waals surface area contributed by atoms with Gasteiger partial charge in [0.1, 0.15) is 0 Å². The van der Waals surface area contributed by atoms with Gasteiger partial charge in [-0.1, -0.05) is 13.8 Å². The van der Waals surface area contributed by atoms with Gasteiger partial charge in [-0.2, -0.15) is 0 Å². The summed E-state index contributed by atoms with van der Waals surface area (Å²) < 4.78 is 5.71. The fraction of sp³-hybridized carbons (Fsp3) is 1.00. The van der Waals surface area contributed by atoms with Gasteiger partial charge in [0.25, 0.3) is 0 Å². The monoisotopic (exact) mass is 258 g/mol. The molecular formula is C14H30N2O2. The Morgan fingerprint density at radius 2 is 2.11 bits per heavy atom. The van der Waals surface area contributed by atoms with Crippen LogP contribution in [-0.4, -0.2) is 60.0 Å². The van der Waals surface area contributed by atoms with Gasteiger partial charge in [-0.05, 0) is 27.2 Å². The maximum Gasteiger partial charge on any atom is 0.0753 e. The van der Waals surface area contributed by atoms with Gasteiger partial charge in [0, 0.05) is 31.2 Å². The Morgan fingerprint density at radius 1 is 1.44 bits per heavy atom. The highest BCUT2D eigenvalue weighted by atomic mass is 16.5. The molecule has 0 aromatic carbocycles. The average molecular weight is 258 g/mol. The Bertz CT molecular complexity index is 256. The van der Waals surface area contributed by atoms with E-state index in [-0.39, 0.29) is 17.7 Å². The molecule has 1 fully saturated rings. The molecule has 18 heavy (non-hydrogen) atoms. The minimum absolute atomic E-state index is 0.0423. The molecule has 1 rings (SSSR count). The Hall–Kier alpha value is -0.160. The molecule has 0 aromatic heterocycles. The molecule has 0 aromatic rings. The molecule has 0 radical (unpaired) electrons. The van der Waals surface area contributed by atoms with Gasteiger partial charge in [-0.3, -0.25) is 4.90 Å². The summed E-state index contributed by atoms with van der Waals surface area (Å²) in [5, 5.41) is 13.0. The lowest BCUT2D eigenvalue weighted by molar-refractivity contribution is -0.0876. The van der Waals surface area contributed by atoms with Gasteiger partial charge in [-0.25, -0.2) is 0 Å². The fourth-order valence-electron chi connectivity index (χ4n) is 2.60. The number of aliphatic hydroxyl groups is 1. The predicted octanol–water partition coefficient (Wildman–Crippen LogP) is 1.24. The molecule has 1 unspecified atom stereocenters. The normalized spacial score (nSPS) is 24.2. The minimum Gasteiger partial charge on any atom is -0.394 e. The van der Waals surface area contributed by atoms with Crippen LogP contribution in [0.2, 0.25) is 0 Å². The lowest BCUT2D eigenvalue weighted by Crippen LogP contribution is -2.53. The van der Waals surface area contributed by atoms with E-state index in [1.54, 1.807) is 0 Å². The third-order valence-electron chi connectivity index (χ3n) is 3.47. The molecule has 0 amide bonds. The van der Waals surface area contributed by atoms with E-state index in [0.29, 0.717) is 6.04 Å². The summed E-state index contributed by atoms with van der Waals surface area (Å²) in [7, 11) is 0. The number of hydrogen-bond donors (Lipinski definition) is 2. The van der Waals surface area contributed by atoms with Crippen LogP contribution in [0.4, 0.5) is 0 Å². The van der Waals surface area contributed by atoms with Crippen molar-refractivity contribution in [2.24, 2.45) is 0 Å². The predicted molar refractivity (Wildman–Crippen MR) is 74.9 cm³/mol. The van der Waals surface area contributed by atoms with Crippen molar-refractivity contribution in [1.29, 1.82) is 0 Å². The van der Waals surface area contributed by atoms with Crippen molar-refractivity contribution >= 4 is 0 Å². The Balaban J connectivity index is 2.42. The number of nitrogens with zero attached hydrogens (tertiary/aromatic N) is 1. The van der Waals surface area contributed by atoms with Crippen LogP contribution < -0.4 is 5.32 Å². The van der Waals surface area contributed by atoms with Crippen LogP contribution in [-0.2, 0) is 4.74 Å². The first-order valence-corrected chi connectivity index (χ1v) is 7.01. The van der Waals surface area contributed by atoms with Gasteiger partial charge < -0.3 is 15.2 Å². The Kier molecular flexibility index (Phi) is 5.59. The second kappa shape index (κ2) is 6.33. The van der Waals surface area contributed by atoms with E-state index >= 15 is 0 Å². The van der Waals surface area contributed by atoms with Gasteiger partial charge in [0.05, 0.1) is 18.8 Å². The fourth-order valence-corrected chi connectivity index (χ4v) is 2.60. The molecule has 1 aliphatic rings. The molecule has 4 heteroatoms. The third kappa shape index (κ3) is 5.22. The zero-order valence-electron chi connectivity index (χ0n) is 12.6. The lowest BCUT2D eigenvalue weighted by Gasteiger charge is -2.40. The zero-order chi connectivity index (χ0) is 13.8. The standard InChI is InChI=1S/C14H30N2O2/c1-12(2)15-14(5,11-17)6-7-16-8-9-18-13(3,4)10-16/h12,15,17H,6-11H2,1-5H3. The summed E-state index contributed by atoms with van der Waals surface area (Å²) in [5.74, 6) is 0. The van der Waals surface area contributed by atoms with E-state index in [0.717, 1.165) is 32.7 Å². The molecule has 1 aliphatic heterocycles. The van der Waals surface area contributed by atoms with Crippen molar-refractivity contribution in [3.8, 4) is 0 Å². The highest BCUT2D eigenvalue weighted by Crippen LogP contribution is 2.18. The molecule has 2 N–H and O–H groups in total. The van der Waals surface area contributed by atoms with Crippen molar-refractivity contribution in [3.05, 3.63) is 0 Å². The van der Waals surface area contributed by atoms with E-state index in [1.165, 1.54) is 0 Å². The first-order valence-electron chi connectivity index (χ1n) is 7.01. The maximum atomic E-state index is 9.56. The van der Waals surface area contributed by atoms with Crippen LogP contribution >= 0.6 is 0 Å². The van der Waals surface area contributed by atoms with Crippen LogP contribution in [0, 0.1) is 0 Å². The minimum atomic E-state index is -0.184. The van der Waals surface area contributed by atoms with E-state index in [1.807, 2.05) is 0 Å². The average Bonchev–Trinajstić information content (AvgIpc) is 2.24. The largest absolute Gasteiger partial charge is 0.394 e. The number of ether oxygens (including phenoxy) is 1. The number of morpholine rings is 1. The highest BCUT2D eigenvalue weighted by Gasteiger charge is 2.29. The van der Waals surface area contributed by atoms with Gasteiger partial charge in [-0.15, -0.1) is 0 Å². The Morgan fingerprint density at radius 3 is 2.61 bits per heavy atom. The van der Waals surface area contributed by atoms with Crippen molar-refractivity contribution in [1.82, 2.24) is 10.2 Å². The van der Waals surface area contributed by atoms with E-state index in [9.17, 15) is 5.11 Å². The molecule has 0 saturated carbocycles. The van der Waals surface area contributed by atoms with Crippen LogP contribution in [0.1, 0.15) is 41.0 Å². The first kappa shape index (κ1) is 15.9. The van der Waals surface area contributed by atoms with Crippen molar-refractivity contribution in [2.45, 2.75) is 58.2 Å². The zero-order valence-corrected chi connectivity index (χ0v) is 12.6. The molecular weight excluding hydrogens is 228 g/mol. The molecule has 4 nitrogen and oxygen atoms in total. The maximum absolute atomic E-state index is 9.56. The first-order chi connectivity index (χ1) is 8.26. The second-order valence-electron chi connectivity index (χ2n) is 6.65. The summed E-state index contributed by atoms with van der Waals surface area (Å²) in [6.07, 6.45) is 0.956. The van der Waals surface area contributed by atoms with E-state index in [2.05, 4.69) is 44.8 Å². The third-order valence-corrected chi connectivity index (χ3v) is 3.47. The van der Waals surface area contributed by atoms with Crippen LogP contribution in [0.15, 0.2) is 0 Å². The number of nitrogens with one attached hydrogen (secondary N) is 1. The number of aliphatic hydroxyl groups excluding tert-OH is 1. The SMILES string of the molecule is CC(C)NC(C)(CO)CCN1CCOC(C)(C)C1. The highest BCUT2D eigenvalue weighted by molar-refractivity contribution is 4.87. The van der Waals surface area contributed by atoms with Crippen LogP contribution in [0.5, 0.6) is 0 Å². The molecule has 0 bridgehead atoms. The topological polar surface area (TPSA) is 44.7 Å². The molecule has 108 valence electrons. The van der Waals surface area contributed by atoms with E-state index in [4.69, 9.17) is 4.74 Å². The van der Waals surface area contributed by atoms with Gasteiger partial charge in [0.2, 0.25) is 0 Å². The van der Waals surface area contributed by atoms with Crippen LogP contribution in [0.3, 0.4) is 0 Å². The number of rotatable bonds is 6. The van der Waals surface area contributed by atoms with Gasteiger partial charge >= 0.3 is 0 Å². The lowest BCUT2D eigenvalue weighted by atomic mass is 9.96. The van der Waals surface area contributed by atoms with Crippen molar-refractivity contribution < 1.29 is 9.84 Å². The summed E-state index contributed by atoms with van der Waals surface area (Å²) in [6.45, 7) is 14.6. The summed E-state index contributed by atoms with van der Waals surface area (Å²) in [6, 6.07) is 0.392. The second-order valence-corrected chi connectivity index (χ2v) is 6.65. The summed E-state index contributed by atoms with van der Waals surface area (Å²) >= 11 is 0. The van der Waals surface area contributed by atoms with Crippen LogP contribution in [0.25, 0.3) is 0 Å². The van der Waals surface area contributed by atoms with Crippen molar-refractivity contribution in [2.75, 3.05) is 32.8 Å². The molecule has 0 aliphatic carbocycles. The molecule has 1 atom stereocenters. The van der Waals surface area contributed by atoms with Crippen molar-refractivity contribution in [3.63, 3.8) is 0 Å². The molecule has 0 spiro atoms. The quantitative estimate of drug-likeness (QED) is 0.752. The van der Waals surface area contributed by atoms with E-state index < -0.39 is 0 Å². The summed E-state index contributed by atoms with van der Waals surface area (Å²) in [4.78, 5) is 2.43. The van der Waals surface area contributed by atoms with Gasteiger partial charge in [0.15, 0.2) is 0 Å².